The quantitative estimate of drug-likeness (QED) is 0.103. The Morgan fingerprint density at radius 1 is 0.568 bits per heavy atom. The first-order chi connectivity index (χ1) is 20.7. The molecule has 11 unspecified atom stereocenters. The van der Waals surface area contributed by atoms with Crippen molar-refractivity contribution in [3.05, 3.63) is 11.6 Å². The Morgan fingerprint density at radius 2 is 1.09 bits per heavy atom. The molecule has 15 N–H and O–H groups in total. The minimum absolute atomic E-state index is 0.0592. The topological polar surface area (TPSA) is 341 Å². The average molecular weight is 648 g/mol. The van der Waals surface area contributed by atoms with Crippen molar-refractivity contribution in [1.29, 1.82) is 0 Å². The van der Waals surface area contributed by atoms with E-state index in [1.165, 1.54) is 6.08 Å². The third-order valence-corrected chi connectivity index (χ3v) is 8.20. The molecule has 20 heteroatoms. The summed E-state index contributed by atoms with van der Waals surface area (Å²) in [5.74, 6) is 0. The molecule has 20 nitrogen and oxygen atoms in total. The number of ether oxygens (including phenoxy) is 5. The van der Waals surface area contributed by atoms with Crippen LogP contribution in [0.5, 0.6) is 0 Å². The van der Waals surface area contributed by atoms with Gasteiger partial charge in [-0.1, -0.05) is 6.08 Å². The van der Waals surface area contributed by atoms with E-state index in [1.54, 1.807) is 0 Å². The fraction of sp³-hybridized carbons (Fsp3) is 0.917. The lowest BCUT2D eigenvalue weighted by molar-refractivity contribution is -0.382. The number of rotatable bonds is 9. The number of hydrogen-bond donors (Lipinski definition) is 15. The van der Waals surface area contributed by atoms with Gasteiger partial charge in [-0.25, -0.2) is 0 Å². The molecule has 0 aromatic rings. The summed E-state index contributed by atoms with van der Waals surface area (Å²) in [6, 6.07) is -2.77. The highest BCUT2D eigenvalue weighted by atomic mass is 16.8. The molecule has 0 saturated carbocycles. The molecule has 0 aromatic carbocycles. The summed E-state index contributed by atoms with van der Waals surface area (Å²) in [5.41, 5.74) is -0.0592. The third-order valence-electron chi connectivity index (χ3n) is 8.20. The highest BCUT2D eigenvalue weighted by Gasteiger charge is 2.54. The third kappa shape index (κ3) is 6.95. The molecular weight excluding hydrogens is 606 g/mol. The molecule has 3 fully saturated rings. The molecule has 0 bridgehead atoms. The lowest BCUT2D eigenvalue weighted by Crippen LogP contribution is -2.69. The van der Waals surface area contributed by atoms with Crippen molar-refractivity contribution in [1.82, 2.24) is 5.32 Å². The maximum absolute atomic E-state index is 10.8. The predicted molar refractivity (Wildman–Crippen MR) is 134 cm³/mol. The lowest BCUT2D eigenvalue weighted by Gasteiger charge is -2.48. The zero-order valence-corrected chi connectivity index (χ0v) is 23.0. The molecule has 0 radical (unpaired) electrons. The zero-order chi connectivity index (χ0) is 32.6. The van der Waals surface area contributed by atoms with Crippen molar-refractivity contribution in [3.8, 4) is 0 Å². The minimum Gasteiger partial charge on any atom is -0.394 e. The molecule has 19 atom stereocenters. The first kappa shape index (κ1) is 35.8. The fourth-order valence-electron chi connectivity index (χ4n) is 5.58. The van der Waals surface area contributed by atoms with Crippen LogP contribution in [-0.4, -0.2) is 208 Å². The molecular formula is C24H41NO19. The van der Waals surface area contributed by atoms with E-state index in [0.29, 0.717) is 0 Å². The standard InChI is InChI=1S/C24H41NO19/c26-2-5-1-6(11(30)13(32)10(5)29)25-9-12(31)17(36)24(44-21(9)38)43-20-8(4-28)41-23(18(37)15(20)34)42-19-7(3-27)40-22(39)16(35)14(19)33/h1,6-39H,2-4H2/t6-,7?,8?,9-,10-,11?,12?,13?,14?,15?,16?,17?,18?,19+,20+,21?,22+,23+,24-/m0/s1. The highest BCUT2D eigenvalue weighted by molar-refractivity contribution is 5.22. The fourth-order valence-corrected chi connectivity index (χ4v) is 5.58. The van der Waals surface area contributed by atoms with Gasteiger partial charge in [0.25, 0.3) is 0 Å². The number of aliphatic hydroxyl groups excluding tert-OH is 14. The SMILES string of the molecule is OCC1=C[C@H](N[C@@H]2C(O)O[C@H](O[C@@H]3C(CO)O[C@H](O[C@@H]4C(CO)O[C@@H](O)C(O)C4O)C(O)C3O)C(O)C2O)C(O)C(O)[C@H]1O. The Morgan fingerprint density at radius 3 is 1.66 bits per heavy atom. The van der Waals surface area contributed by atoms with Crippen LogP contribution in [0.3, 0.4) is 0 Å². The molecule has 1 aliphatic carbocycles. The zero-order valence-electron chi connectivity index (χ0n) is 23.0. The van der Waals surface area contributed by atoms with Crippen molar-refractivity contribution in [2.75, 3.05) is 19.8 Å². The van der Waals surface area contributed by atoms with Gasteiger partial charge in [-0.3, -0.25) is 5.32 Å². The van der Waals surface area contributed by atoms with E-state index in [4.69, 9.17) is 23.7 Å². The summed E-state index contributed by atoms with van der Waals surface area (Å²) in [4.78, 5) is 0. The normalized spacial score (nSPS) is 52.0. The Labute approximate surface area is 249 Å². The predicted octanol–water partition coefficient (Wildman–Crippen LogP) is -9.63. The van der Waals surface area contributed by atoms with Crippen LogP contribution in [0.2, 0.25) is 0 Å². The van der Waals surface area contributed by atoms with Gasteiger partial charge in [0, 0.05) is 0 Å². The Kier molecular flexibility index (Phi) is 12.0. The first-order valence-electron chi connectivity index (χ1n) is 13.8. The summed E-state index contributed by atoms with van der Waals surface area (Å²) in [6.07, 6.45) is -29.1. The molecule has 0 aromatic heterocycles. The van der Waals surface area contributed by atoms with Gasteiger partial charge in [0.2, 0.25) is 0 Å². The molecule has 4 rings (SSSR count). The maximum atomic E-state index is 10.8. The van der Waals surface area contributed by atoms with Crippen LogP contribution in [0.15, 0.2) is 11.6 Å². The van der Waals surface area contributed by atoms with Crippen molar-refractivity contribution >= 4 is 0 Å². The number of hydrogen-bond acceptors (Lipinski definition) is 20. The van der Waals surface area contributed by atoms with E-state index in [2.05, 4.69) is 5.32 Å². The van der Waals surface area contributed by atoms with Gasteiger partial charge in [-0.05, 0) is 5.57 Å². The molecule has 44 heavy (non-hydrogen) atoms. The Hall–Kier alpha value is -1.06. The maximum Gasteiger partial charge on any atom is 0.189 e. The summed E-state index contributed by atoms with van der Waals surface area (Å²) in [6.45, 7) is -2.37. The van der Waals surface area contributed by atoms with Crippen molar-refractivity contribution in [3.63, 3.8) is 0 Å². The first-order valence-corrected chi connectivity index (χ1v) is 13.8. The van der Waals surface area contributed by atoms with Crippen LogP contribution in [0, 0.1) is 0 Å². The number of nitrogens with one attached hydrogen (secondary N) is 1. The van der Waals surface area contributed by atoms with Crippen molar-refractivity contribution < 1.29 is 95.2 Å². The van der Waals surface area contributed by atoms with E-state index >= 15 is 0 Å². The molecule has 3 heterocycles. The smallest absolute Gasteiger partial charge is 0.189 e. The van der Waals surface area contributed by atoms with Crippen molar-refractivity contribution in [2.45, 2.75) is 117 Å². The van der Waals surface area contributed by atoms with Crippen LogP contribution in [0.4, 0.5) is 0 Å². The minimum atomic E-state index is -1.99. The molecule has 0 spiro atoms. The van der Waals surface area contributed by atoms with E-state index in [-0.39, 0.29) is 5.57 Å². The molecule has 3 saturated heterocycles. The van der Waals surface area contributed by atoms with Gasteiger partial charge >= 0.3 is 0 Å². The lowest BCUT2D eigenvalue weighted by atomic mass is 9.87. The van der Waals surface area contributed by atoms with E-state index in [0.717, 1.165) is 0 Å². The van der Waals surface area contributed by atoms with E-state index < -0.39 is 136 Å². The van der Waals surface area contributed by atoms with Gasteiger partial charge in [0.15, 0.2) is 25.2 Å². The molecule has 0 amide bonds. The van der Waals surface area contributed by atoms with Crippen LogP contribution < -0.4 is 5.32 Å². The second kappa shape index (κ2) is 14.8. The van der Waals surface area contributed by atoms with Crippen LogP contribution in [-0.2, 0) is 23.7 Å². The summed E-state index contributed by atoms with van der Waals surface area (Å²) < 4.78 is 26.7. The van der Waals surface area contributed by atoms with Crippen LogP contribution in [0.1, 0.15) is 0 Å². The highest BCUT2D eigenvalue weighted by Crippen LogP contribution is 2.32. The van der Waals surface area contributed by atoms with Crippen molar-refractivity contribution in [2.24, 2.45) is 0 Å². The molecule has 3 aliphatic heterocycles. The van der Waals surface area contributed by atoms with Gasteiger partial charge in [-0.2, -0.15) is 0 Å². The number of aliphatic hydroxyl groups is 14. The second-order valence-corrected chi connectivity index (χ2v) is 11.1. The average Bonchev–Trinajstić information content (AvgIpc) is 3.00. The van der Waals surface area contributed by atoms with Gasteiger partial charge < -0.3 is 95.2 Å². The Bertz CT molecular complexity index is 958. The van der Waals surface area contributed by atoms with Gasteiger partial charge in [-0.15, -0.1) is 0 Å². The molecule has 4 aliphatic rings. The van der Waals surface area contributed by atoms with E-state index in [9.17, 15) is 71.5 Å². The Balaban J connectivity index is 1.42. The van der Waals surface area contributed by atoms with Gasteiger partial charge in [0.05, 0.1) is 31.9 Å². The van der Waals surface area contributed by atoms with Gasteiger partial charge in [0.1, 0.15) is 79.4 Å². The summed E-state index contributed by atoms with van der Waals surface area (Å²) in [7, 11) is 0. The summed E-state index contributed by atoms with van der Waals surface area (Å²) >= 11 is 0. The largest absolute Gasteiger partial charge is 0.394 e. The molecule has 256 valence electrons. The van der Waals surface area contributed by atoms with Crippen LogP contribution >= 0.6 is 0 Å². The van der Waals surface area contributed by atoms with Crippen LogP contribution in [0.25, 0.3) is 0 Å². The monoisotopic (exact) mass is 647 g/mol. The second-order valence-electron chi connectivity index (χ2n) is 11.1. The summed E-state index contributed by atoms with van der Waals surface area (Å²) in [5, 5.41) is 145. The van der Waals surface area contributed by atoms with E-state index in [1.807, 2.05) is 0 Å².